The van der Waals surface area contributed by atoms with Gasteiger partial charge in [0.25, 0.3) is 0 Å². The lowest BCUT2D eigenvalue weighted by atomic mass is 9.89. The van der Waals surface area contributed by atoms with E-state index in [0.29, 0.717) is 23.0 Å². The van der Waals surface area contributed by atoms with Crippen molar-refractivity contribution in [3.63, 3.8) is 0 Å². The molecule has 0 aromatic heterocycles. The van der Waals surface area contributed by atoms with Crippen LogP contribution in [0.25, 0.3) is 0 Å². The number of hydrogen-bond acceptors (Lipinski definition) is 3. The van der Waals surface area contributed by atoms with Crippen LogP contribution in [0.5, 0.6) is 0 Å². The van der Waals surface area contributed by atoms with Crippen molar-refractivity contribution in [3.05, 3.63) is 28.8 Å². The van der Waals surface area contributed by atoms with Crippen molar-refractivity contribution in [1.82, 2.24) is 4.31 Å². The van der Waals surface area contributed by atoms with Crippen LogP contribution in [0.1, 0.15) is 37.7 Å². The van der Waals surface area contributed by atoms with Gasteiger partial charge in [0.2, 0.25) is 10.0 Å². The molecule has 2 rings (SSSR count). The van der Waals surface area contributed by atoms with E-state index >= 15 is 0 Å². The maximum absolute atomic E-state index is 12.6. The summed E-state index contributed by atoms with van der Waals surface area (Å²) in [6.07, 6.45) is 5.92. The number of sulfonamides is 1. The monoisotopic (exact) mass is 330 g/mol. The number of halogens is 1. The van der Waals surface area contributed by atoms with Crippen molar-refractivity contribution in [2.75, 3.05) is 13.6 Å². The third-order valence-electron chi connectivity index (χ3n) is 4.19. The van der Waals surface area contributed by atoms with Crippen molar-refractivity contribution < 1.29 is 8.42 Å². The quantitative estimate of drug-likeness (QED) is 0.902. The summed E-state index contributed by atoms with van der Waals surface area (Å²) >= 11 is 5.99. The zero-order valence-electron chi connectivity index (χ0n) is 12.4. The molecule has 0 bridgehead atoms. The van der Waals surface area contributed by atoms with E-state index in [1.807, 2.05) is 0 Å². The standard InChI is InChI=1S/C15H23ClN2O2S/c1-18(11-12-5-3-2-4-6-12)21(19,20)14-7-8-15(16)13(9-14)10-17/h7-9,12H,2-6,10-11,17H2,1H3. The fourth-order valence-electron chi connectivity index (χ4n) is 2.88. The van der Waals surface area contributed by atoms with Crippen molar-refractivity contribution in [2.45, 2.75) is 43.5 Å². The molecule has 1 aliphatic rings. The van der Waals surface area contributed by atoms with E-state index in [1.165, 1.54) is 23.6 Å². The first-order valence-electron chi connectivity index (χ1n) is 7.40. The molecule has 1 aliphatic carbocycles. The van der Waals surface area contributed by atoms with Crippen molar-refractivity contribution >= 4 is 21.6 Å². The molecule has 0 unspecified atom stereocenters. The Morgan fingerprint density at radius 3 is 2.57 bits per heavy atom. The van der Waals surface area contributed by atoms with Gasteiger partial charge in [0, 0.05) is 25.2 Å². The maximum Gasteiger partial charge on any atom is 0.242 e. The largest absolute Gasteiger partial charge is 0.326 e. The van der Waals surface area contributed by atoms with Crippen LogP contribution in [0.15, 0.2) is 23.1 Å². The summed E-state index contributed by atoms with van der Waals surface area (Å²) in [5.41, 5.74) is 6.25. The molecule has 6 heteroatoms. The van der Waals surface area contributed by atoms with E-state index < -0.39 is 10.0 Å². The molecule has 1 aromatic carbocycles. The first-order chi connectivity index (χ1) is 9.95. The number of nitrogens with zero attached hydrogens (tertiary/aromatic N) is 1. The van der Waals surface area contributed by atoms with Gasteiger partial charge in [-0.1, -0.05) is 30.9 Å². The lowest BCUT2D eigenvalue weighted by molar-refractivity contribution is 0.300. The first-order valence-corrected chi connectivity index (χ1v) is 9.22. The van der Waals surface area contributed by atoms with Gasteiger partial charge in [0.15, 0.2) is 0 Å². The van der Waals surface area contributed by atoms with E-state index in [4.69, 9.17) is 17.3 Å². The predicted octanol–water partition coefficient (Wildman–Crippen LogP) is 3.00. The van der Waals surface area contributed by atoms with Gasteiger partial charge in [-0.3, -0.25) is 0 Å². The minimum atomic E-state index is -3.47. The third-order valence-corrected chi connectivity index (χ3v) is 6.37. The Morgan fingerprint density at radius 2 is 1.95 bits per heavy atom. The SMILES string of the molecule is CN(CC1CCCCC1)S(=O)(=O)c1ccc(Cl)c(CN)c1. The van der Waals surface area contributed by atoms with Gasteiger partial charge in [-0.2, -0.15) is 0 Å². The molecule has 0 heterocycles. The summed E-state index contributed by atoms with van der Waals surface area (Å²) in [6.45, 7) is 0.817. The fraction of sp³-hybridized carbons (Fsp3) is 0.600. The van der Waals surface area contributed by atoms with Gasteiger partial charge in [-0.15, -0.1) is 0 Å². The molecule has 0 radical (unpaired) electrons. The smallest absolute Gasteiger partial charge is 0.242 e. The molecule has 1 saturated carbocycles. The number of nitrogens with two attached hydrogens (primary N) is 1. The summed E-state index contributed by atoms with van der Waals surface area (Å²) in [5.74, 6) is 0.472. The van der Waals surface area contributed by atoms with Gasteiger partial charge in [0.1, 0.15) is 0 Å². The number of rotatable bonds is 5. The Balaban J connectivity index is 2.16. The van der Waals surface area contributed by atoms with Gasteiger partial charge >= 0.3 is 0 Å². The van der Waals surface area contributed by atoms with E-state index in [2.05, 4.69) is 0 Å². The number of benzene rings is 1. The lowest BCUT2D eigenvalue weighted by Gasteiger charge is -2.26. The predicted molar refractivity (Wildman–Crippen MR) is 85.7 cm³/mol. The van der Waals surface area contributed by atoms with Gasteiger partial charge in [-0.25, -0.2) is 12.7 Å². The van der Waals surface area contributed by atoms with Crippen LogP contribution in [-0.4, -0.2) is 26.3 Å². The van der Waals surface area contributed by atoms with Crippen LogP contribution in [0.3, 0.4) is 0 Å². The third kappa shape index (κ3) is 3.97. The second kappa shape index (κ2) is 7.09. The van der Waals surface area contributed by atoms with E-state index in [1.54, 1.807) is 25.2 Å². The second-order valence-electron chi connectivity index (χ2n) is 5.75. The average molecular weight is 331 g/mol. The Morgan fingerprint density at radius 1 is 1.29 bits per heavy atom. The second-order valence-corrected chi connectivity index (χ2v) is 8.20. The van der Waals surface area contributed by atoms with Crippen LogP contribution in [0.4, 0.5) is 0 Å². The minimum absolute atomic E-state index is 0.231. The molecule has 21 heavy (non-hydrogen) atoms. The summed E-state index contributed by atoms with van der Waals surface area (Å²) in [7, 11) is -1.82. The van der Waals surface area contributed by atoms with Gasteiger partial charge < -0.3 is 5.73 Å². The van der Waals surface area contributed by atoms with Gasteiger partial charge in [0.05, 0.1) is 4.90 Å². The van der Waals surface area contributed by atoms with Crippen LogP contribution in [-0.2, 0) is 16.6 Å². The highest BCUT2D eigenvalue weighted by molar-refractivity contribution is 7.89. The molecule has 1 fully saturated rings. The molecule has 0 aliphatic heterocycles. The fourth-order valence-corrected chi connectivity index (χ4v) is 4.37. The van der Waals surface area contributed by atoms with E-state index in [-0.39, 0.29) is 11.4 Å². The van der Waals surface area contributed by atoms with Crippen LogP contribution in [0.2, 0.25) is 5.02 Å². The molecular formula is C15H23ClN2O2S. The van der Waals surface area contributed by atoms with Crippen molar-refractivity contribution in [2.24, 2.45) is 11.7 Å². The number of hydrogen-bond donors (Lipinski definition) is 1. The minimum Gasteiger partial charge on any atom is -0.326 e. The molecule has 0 saturated heterocycles. The summed E-state index contributed by atoms with van der Waals surface area (Å²) in [5, 5.41) is 0.506. The van der Waals surface area contributed by atoms with Crippen LogP contribution >= 0.6 is 11.6 Å². The van der Waals surface area contributed by atoms with E-state index in [9.17, 15) is 8.42 Å². The van der Waals surface area contributed by atoms with Gasteiger partial charge in [-0.05, 0) is 42.5 Å². The zero-order chi connectivity index (χ0) is 15.5. The normalized spacial score (nSPS) is 17.3. The zero-order valence-corrected chi connectivity index (χ0v) is 14.0. The highest BCUT2D eigenvalue weighted by Gasteiger charge is 2.25. The van der Waals surface area contributed by atoms with Crippen molar-refractivity contribution in [1.29, 1.82) is 0 Å². The van der Waals surface area contributed by atoms with Crippen molar-refractivity contribution in [3.8, 4) is 0 Å². The summed E-state index contributed by atoms with van der Waals surface area (Å²) in [6, 6.07) is 4.73. The Labute approximate surface area is 132 Å². The molecule has 1 aromatic rings. The van der Waals surface area contributed by atoms with Crippen LogP contribution in [0, 0.1) is 5.92 Å². The Kier molecular flexibility index (Phi) is 5.66. The molecule has 0 spiro atoms. The summed E-state index contributed by atoms with van der Waals surface area (Å²) < 4.78 is 26.7. The maximum atomic E-state index is 12.6. The highest BCUT2D eigenvalue weighted by Crippen LogP contribution is 2.27. The molecule has 2 N–H and O–H groups in total. The molecular weight excluding hydrogens is 308 g/mol. The molecule has 118 valence electrons. The lowest BCUT2D eigenvalue weighted by Crippen LogP contribution is -2.32. The Bertz CT molecular complexity index is 583. The average Bonchev–Trinajstić information content (AvgIpc) is 2.48. The molecule has 4 nitrogen and oxygen atoms in total. The van der Waals surface area contributed by atoms with E-state index in [0.717, 1.165) is 12.8 Å². The summed E-state index contributed by atoms with van der Waals surface area (Å²) in [4.78, 5) is 0.269. The topological polar surface area (TPSA) is 63.4 Å². The van der Waals surface area contributed by atoms with Crippen LogP contribution < -0.4 is 5.73 Å². The Hall–Kier alpha value is -0.620. The first kappa shape index (κ1) is 16.7. The molecule has 0 atom stereocenters. The molecule has 0 amide bonds. The highest BCUT2D eigenvalue weighted by atomic mass is 35.5.